The second-order valence-corrected chi connectivity index (χ2v) is 4.93. The van der Waals surface area contributed by atoms with E-state index in [1.165, 1.54) is 0 Å². The number of methoxy groups -OCH3 is 1. The maximum Gasteiger partial charge on any atom is 0.156 e. The van der Waals surface area contributed by atoms with Gasteiger partial charge >= 0.3 is 0 Å². The van der Waals surface area contributed by atoms with Crippen LogP contribution in [0.15, 0.2) is 10.8 Å². The van der Waals surface area contributed by atoms with Crippen molar-refractivity contribution in [3.8, 4) is 0 Å². The van der Waals surface area contributed by atoms with Crippen molar-refractivity contribution in [1.29, 1.82) is 0 Å². The van der Waals surface area contributed by atoms with Gasteiger partial charge in [0.25, 0.3) is 0 Å². The fourth-order valence-corrected chi connectivity index (χ4v) is 2.49. The average Bonchev–Trinajstić information content (AvgIpc) is 2.33. The van der Waals surface area contributed by atoms with Gasteiger partial charge in [-0.1, -0.05) is 0 Å². The molecule has 0 aromatic carbocycles. The molecule has 1 aromatic rings. The third kappa shape index (κ3) is 2.52. The number of ether oxygens (including phenoxy) is 1. The molecule has 2 rings (SSSR count). The maximum atomic E-state index is 5.62. The molecule has 0 spiro atoms. The summed E-state index contributed by atoms with van der Waals surface area (Å²) in [5.74, 6) is 0.949. The SMILES string of the molecule is CO[C@H]1CC[C@H](c2cnc(N)c(Br)n2)CC1. The zero-order valence-corrected chi connectivity index (χ0v) is 10.9. The van der Waals surface area contributed by atoms with Crippen molar-refractivity contribution < 1.29 is 4.74 Å². The van der Waals surface area contributed by atoms with Crippen LogP contribution in [-0.4, -0.2) is 23.2 Å². The highest BCUT2D eigenvalue weighted by atomic mass is 79.9. The van der Waals surface area contributed by atoms with E-state index in [0.717, 1.165) is 31.4 Å². The Morgan fingerprint density at radius 1 is 1.38 bits per heavy atom. The van der Waals surface area contributed by atoms with E-state index in [1.807, 2.05) is 0 Å². The molecule has 0 aliphatic heterocycles. The zero-order chi connectivity index (χ0) is 11.5. The third-order valence-corrected chi connectivity index (χ3v) is 3.78. The lowest BCUT2D eigenvalue weighted by Gasteiger charge is -2.27. The van der Waals surface area contributed by atoms with Gasteiger partial charge in [-0.2, -0.15) is 0 Å². The van der Waals surface area contributed by atoms with Gasteiger partial charge in [0.1, 0.15) is 4.60 Å². The molecule has 1 aliphatic rings. The summed E-state index contributed by atoms with van der Waals surface area (Å²) in [6.07, 6.45) is 6.64. The van der Waals surface area contributed by atoms with Gasteiger partial charge in [-0.3, -0.25) is 0 Å². The van der Waals surface area contributed by atoms with Gasteiger partial charge < -0.3 is 10.5 Å². The number of hydrogen-bond donors (Lipinski definition) is 1. The molecule has 0 atom stereocenters. The topological polar surface area (TPSA) is 61.0 Å². The number of anilines is 1. The standard InChI is InChI=1S/C11H16BrN3O/c1-16-8-4-2-7(3-5-8)9-6-14-11(13)10(12)15-9/h6-8H,2-5H2,1H3,(H2,13,14)/t7-,8-. The van der Waals surface area contributed by atoms with Crippen LogP contribution in [0.4, 0.5) is 5.82 Å². The number of nitrogens with two attached hydrogens (primary N) is 1. The summed E-state index contributed by atoms with van der Waals surface area (Å²) in [7, 11) is 1.78. The molecule has 2 N–H and O–H groups in total. The van der Waals surface area contributed by atoms with Crippen LogP contribution < -0.4 is 5.73 Å². The average molecular weight is 286 g/mol. The molecule has 0 bridgehead atoms. The fraction of sp³-hybridized carbons (Fsp3) is 0.636. The van der Waals surface area contributed by atoms with Gasteiger partial charge in [-0.15, -0.1) is 0 Å². The predicted molar refractivity (Wildman–Crippen MR) is 66.2 cm³/mol. The lowest BCUT2D eigenvalue weighted by Crippen LogP contribution is -2.20. The molecule has 1 saturated carbocycles. The Hall–Kier alpha value is -0.680. The number of nitrogens with zero attached hydrogens (tertiary/aromatic N) is 2. The smallest absolute Gasteiger partial charge is 0.156 e. The number of halogens is 1. The molecule has 1 heterocycles. The zero-order valence-electron chi connectivity index (χ0n) is 9.32. The maximum absolute atomic E-state index is 5.62. The van der Waals surface area contributed by atoms with Gasteiger partial charge in [-0.05, 0) is 41.6 Å². The summed E-state index contributed by atoms with van der Waals surface area (Å²) >= 11 is 3.31. The molecule has 88 valence electrons. The van der Waals surface area contributed by atoms with Crippen molar-refractivity contribution in [3.05, 3.63) is 16.5 Å². The summed E-state index contributed by atoms with van der Waals surface area (Å²) in [4.78, 5) is 8.57. The van der Waals surface area contributed by atoms with Gasteiger partial charge in [0.05, 0.1) is 18.0 Å². The number of aromatic nitrogens is 2. The highest BCUT2D eigenvalue weighted by Gasteiger charge is 2.23. The normalized spacial score (nSPS) is 25.6. The fourth-order valence-electron chi connectivity index (χ4n) is 2.18. The van der Waals surface area contributed by atoms with Gasteiger partial charge in [-0.25, -0.2) is 9.97 Å². The number of hydrogen-bond acceptors (Lipinski definition) is 4. The Kier molecular flexibility index (Phi) is 3.76. The van der Waals surface area contributed by atoms with E-state index in [9.17, 15) is 0 Å². The first-order chi connectivity index (χ1) is 7.70. The minimum absolute atomic E-state index is 0.418. The Morgan fingerprint density at radius 2 is 2.06 bits per heavy atom. The lowest BCUT2D eigenvalue weighted by molar-refractivity contribution is 0.0654. The molecule has 1 aliphatic carbocycles. The summed E-state index contributed by atoms with van der Waals surface area (Å²) in [6.45, 7) is 0. The quantitative estimate of drug-likeness (QED) is 0.907. The van der Waals surface area contributed by atoms with E-state index < -0.39 is 0 Å². The van der Waals surface area contributed by atoms with E-state index in [2.05, 4.69) is 25.9 Å². The molecule has 16 heavy (non-hydrogen) atoms. The first-order valence-corrected chi connectivity index (χ1v) is 6.30. The van der Waals surface area contributed by atoms with Crippen molar-refractivity contribution in [2.45, 2.75) is 37.7 Å². The Balaban J connectivity index is 2.05. The largest absolute Gasteiger partial charge is 0.381 e. The highest BCUT2D eigenvalue weighted by molar-refractivity contribution is 9.10. The molecular weight excluding hydrogens is 270 g/mol. The van der Waals surface area contributed by atoms with Gasteiger partial charge in [0, 0.05) is 13.0 Å². The van der Waals surface area contributed by atoms with Crippen LogP contribution in [0, 0.1) is 0 Å². The van der Waals surface area contributed by atoms with Gasteiger partial charge in [0.15, 0.2) is 5.82 Å². The van der Waals surface area contributed by atoms with Crippen molar-refractivity contribution in [2.24, 2.45) is 0 Å². The minimum atomic E-state index is 0.418. The molecule has 0 radical (unpaired) electrons. The van der Waals surface area contributed by atoms with Crippen molar-refractivity contribution in [2.75, 3.05) is 12.8 Å². The van der Waals surface area contributed by atoms with Crippen LogP contribution in [0.25, 0.3) is 0 Å². The Morgan fingerprint density at radius 3 is 2.62 bits per heavy atom. The molecule has 5 heteroatoms. The van der Waals surface area contributed by atoms with Crippen LogP contribution in [0.2, 0.25) is 0 Å². The van der Waals surface area contributed by atoms with Crippen molar-refractivity contribution >= 4 is 21.7 Å². The first kappa shape index (κ1) is 11.8. The monoisotopic (exact) mass is 285 g/mol. The number of rotatable bonds is 2. The van der Waals surface area contributed by atoms with Crippen LogP contribution >= 0.6 is 15.9 Å². The van der Waals surface area contributed by atoms with Gasteiger partial charge in [0.2, 0.25) is 0 Å². The second kappa shape index (κ2) is 5.10. The van der Waals surface area contributed by atoms with Crippen molar-refractivity contribution in [3.63, 3.8) is 0 Å². The molecule has 4 nitrogen and oxygen atoms in total. The summed E-state index contributed by atoms with van der Waals surface area (Å²) in [5.41, 5.74) is 6.66. The van der Waals surface area contributed by atoms with Crippen LogP contribution in [0.5, 0.6) is 0 Å². The second-order valence-electron chi connectivity index (χ2n) is 4.18. The lowest BCUT2D eigenvalue weighted by atomic mass is 9.85. The minimum Gasteiger partial charge on any atom is -0.381 e. The molecule has 0 amide bonds. The van der Waals surface area contributed by atoms with E-state index >= 15 is 0 Å². The van der Waals surface area contributed by atoms with Crippen LogP contribution in [0.1, 0.15) is 37.3 Å². The summed E-state index contributed by atoms with van der Waals surface area (Å²) in [6, 6.07) is 0. The summed E-state index contributed by atoms with van der Waals surface area (Å²) in [5, 5.41) is 0. The van der Waals surface area contributed by atoms with Crippen LogP contribution in [-0.2, 0) is 4.74 Å². The molecular formula is C11H16BrN3O. The van der Waals surface area contributed by atoms with E-state index in [0.29, 0.717) is 22.4 Å². The summed E-state index contributed by atoms with van der Waals surface area (Å²) < 4.78 is 6.00. The van der Waals surface area contributed by atoms with E-state index in [1.54, 1.807) is 13.3 Å². The first-order valence-electron chi connectivity index (χ1n) is 5.51. The van der Waals surface area contributed by atoms with Crippen LogP contribution in [0.3, 0.4) is 0 Å². The molecule has 1 aromatic heterocycles. The Bertz CT molecular complexity index is 364. The molecule has 0 saturated heterocycles. The predicted octanol–water partition coefficient (Wildman–Crippen LogP) is 2.49. The molecule has 0 unspecified atom stereocenters. The van der Waals surface area contributed by atoms with E-state index in [-0.39, 0.29) is 0 Å². The number of nitrogen functional groups attached to an aromatic ring is 1. The van der Waals surface area contributed by atoms with Crippen molar-refractivity contribution in [1.82, 2.24) is 9.97 Å². The highest BCUT2D eigenvalue weighted by Crippen LogP contribution is 2.33. The Labute approximate surface area is 104 Å². The molecule has 1 fully saturated rings. The third-order valence-electron chi connectivity index (χ3n) is 3.20. The van der Waals surface area contributed by atoms with E-state index in [4.69, 9.17) is 10.5 Å².